The second-order valence-corrected chi connectivity index (χ2v) is 5.52. The van der Waals surface area contributed by atoms with Crippen LogP contribution in [0.25, 0.3) is 11.4 Å². The zero-order valence-electron chi connectivity index (χ0n) is 12.8. The van der Waals surface area contributed by atoms with E-state index in [1.807, 2.05) is 0 Å². The Bertz CT molecular complexity index is 782. The molecular weight excluding hydrogens is 341 g/mol. The normalized spacial score (nSPS) is 14.2. The van der Waals surface area contributed by atoms with E-state index in [1.165, 1.54) is 24.3 Å². The molecule has 0 bridgehead atoms. The van der Waals surface area contributed by atoms with E-state index in [4.69, 9.17) is 0 Å². The topological polar surface area (TPSA) is 97.1 Å². The average molecular weight is 354 g/mol. The molecule has 0 atom stereocenters. The summed E-state index contributed by atoms with van der Waals surface area (Å²) >= 11 is 0. The Morgan fingerprint density at radius 3 is 2.44 bits per heavy atom. The molecule has 25 heavy (non-hydrogen) atoms. The van der Waals surface area contributed by atoms with Crippen molar-refractivity contribution in [2.24, 2.45) is 0 Å². The van der Waals surface area contributed by atoms with E-state index in [1.54, 1.807) is 0 Å². The molecule has 0 spiro atoms. The van der Waals surface area contributed by atoms with Gasteiger partial charge in [0, 0.05) is 17.2 Å². The third-order valence-electron chi connectivity index (χ3n) is 3.43. The van der Waals surface area contributed by atoms with Gasteiger partial charge in [0.05, 0.1) is 6.54 Å². The second kappa shape index (κ2) is 6.54. The van der Waals surface area contributed by atoms with Gasteiger partial charge in [-0.2, -0.15) is 18.2 Å². The fourth-order valence-electron chi connectivity index (χ4n) is 2.00. The van der Waals surface area contributed by atoms with Crippen LogP contribution in [0, 0.1) is 0 Å². The van der Waals surface area contributed by atoms with Crippen molar-refractivity contribution in [2.45, 2.75) is 25.1 Å². The summed E-state index contributed by atoms with van der Waals surface area (Å²) in [6.45, 7) is -0.142. The minimum absolute atomic E-state index is 0.142. The summed E-state index contributed by atoms with van der Waals surface area (Å²) < 4.78 is 41.5. The van der Waals surface area contributed by atoms with Gasteiger partial charge in [-0.1, -0.05) is 17.3 Å². The molecule has 2 amide bonds. The fraction of sp³-hybridized carbons (Fsp3) is 0.333. The molecule has 2 aromatic rings. The van der Waals surface area contributed by atoms with Gasteiger partial charge in [-0.05, 0) is 25.0 Å². The Morgan fingerprint density at radius 1 is 1.20 bits per heavy atom. The molecule has 1 aromatic heterocycles. The van der Waals surface area contributed by atoms with Crippen LogP contribution in [-0.2, 0) is 11.0 Å². The third kappa shape index (κ3) is 4.34. The molecule has 0 radical (unpaired) electrons. The van der Waals surface area contributed by atoms with Gasteiger partial charge in [0.1, 0.15) is 0 Å². The maximum Gasteiger partial charge on any atom is 0.471 e. The molecule has 0 saturated heterocycles. The molecule has 3 rings (SSSR count). The summed E-state index contributed by atoms with van der Waals surface area (Å²) in [6, 6.07) is 5.79. The molecule has 1 aliphatic carbocycles. The van der Waals surface area contributed by atoms with E-state index >= 15 is 0 Å². The van der Waals surface area contributed by atoms with E-state index in [9.17, 15) is 22.8 Å². The van der Waals surface area contributed by atoms with Crippen molar-refractivity contribution in [2.75, 3.05) is 6.54 Å². The zero-order chi connectivity index (χ0) is 18.0. The van der Waals surface area contributed by atoms with Crippen LogP contribution in [-0.4, -0.2) is 34.5 Å². The highest BCUT2D eigenvalue weighted by atomic mass is 19.4. The number of halogens is 3. The number of nitrogens with one attached hydrogen (secondary N) is 2. The maximum atomic E-state index is 12.4. The van der Waals surface area contributed by atoms with Crippen LogP contribution >= 0.6 is 0 Å². The van der Waals surface area contributed by atoms with Crippen molar-refractivity contribution >= 4 is 11.8 Å². The number of nitrogens with zero attached hydrogens (tertiary/aromatic N) is 2. The Labute approximate surface area is 139 Å². The van der Waals surface area contributed by atoms with Crippen LogP contribution in [0.5, 0.6) is 0 Å². The van der Waals surface area contributed by atoms with Crippen molar-refractivity contribution in [3.63, 3.8) is 0 Å². The lowest BCUT2D eigenvalue weighted by atomic mass is 10.1. The van der Waals surface area contributed by atoms with Crippen molar-refractivity contribution in [3.8, 4) is 11.4 Å². The highest BCUT2D eigenvalue weighted by Gasteiger charge is 2.38. The number of carbonyl (C=O) groups is 2. The molecule has 1 aliphatic rings. The molecule has 2 N–H and O–H groups in total. The zero-order valence-corrected chi connectivity index (χ0v) is 12.8. The number of carbonyl (C=O) groups excluding carboxylic acids is 2. The van der Waals surface area contributed by atoms with E-state index in [0.717, 1.165) is 12.8 Å². The van der Waals surface area contributed by atoms with Gasteiger partial charge in [-0.15, -0.1) is 0 Å². The molecule has 132 valence electrons. The molecule has 1 heterocycles. The number of rotatable bonds is 5. The van der Waals surface area contributed by atoms with Gasteiger partial charge in [0.25, 0.3) is 5.91 Å². The lowest BCUT2D eigenvalue weighted by molar-refractivity contribution is -0.159. The maximum absolute atomic E-state index is 12.4. The van der Waals surface area contributed by atoms with Gasteiger partial charge >= 0.3 is 12.1 Å². The molecule has 0 unspecified atom stereocenters. The summed E-state index contributed by atoms with van der Waals surface area (Å²) in [5.74, 6) is -2.41. The average Bonchev–Trinajstić information content (AvgIpc) is 3.23. The molecule has 10 heteroatoms. The van der Waals surface area contributed by atoms with Gasteiger partial charge in [0.15, 0.2) is 0 Å². The third-order valence-corrected chi connectivity index (χ3v) is 3.43. The van der Waals surface area contributed by atoms with Crippen molar-refractivity contribution in [1.29, 1.82) is 0 Å². The summed E-state index contributed by atoms with van der Waals surface area (Å²) in [6.07, 6.45) is -2.81. The fourth-order valence-corrected chi connectivity index (χ4v) is 2.00. The number of benzene rings is 1. The van der Waals surface area contributed by atoms with Gasteiger partial charge in [-0.25, -0.2) is 0 Å². The monoisotopic (exact) mass is 354 g/mol. The molecule has 7 nitrogen and oxygen atoms in total. The highest BCUT2D eigenvalue weighted by molar-refractivity contribution is 5.96. The van der Waals surface area contributed by atoms with E-state index < -0.39 is 18.0 Å². The van der Waals surface area contributed by atoms with Crippen LogP contribution < -0.4 is 10.6 Å². The van der Waals surface area contributed by atoms with Gasteiger partial charge < -0.3 is 15.2 Å². The van der Waals surface area contributed by atoms with E-state index in [-0.39, 0.29) is 35.4 Å². The smallest absolute Gasteiger partial charge is 0.352 e. The Balaban J connectivity index is 1.60. The predicted molar refractivity (Wildman–Crippen MR) is 78.2 cm³/mol. The Morgan fingerprint density at radius 2 is 1.88 bits per heavy atom. The first kappa shape index (κ1) is 16.9. The minimum Gasteiger partial charge on any atom is -0.352 e. The first-order valence-corrected chi connectivity index (χ1v) is 7.42. The van der Waals surface area contributed by atoms with Crippen LogP contribution in [0.1, 0.15) is 29.1 Å². The number of aromatic nitrogens is 2. The molecule has 1 aromatic carbocycles. The van der Waals surface area contributed by atoms with E-state index in [0.29, 0.717) is 0 Å². The van der Waals surface area contributed by atoms with Crippen molar-refractivity contribution in [3.05, 3.63) is 35.7 Å². The first-order valence-electron chi connectivity index (χ1n) is 7.42. The number of amides is 2. The lowest BCUT2D eigenvalue weighted by Gasteiger charge is -2.06. The molecular formula is C15H13F3N4O3. The molecule has 1 saturated carbocycles. The first-order chi connectivity index (χ1) is 11.8. The lowest BCUT2D eigenvalue weighted by Crippen LogP contribution is -2.37. The molecule has 1 fully saturated rings. The minimum atomic E-state index is -4.72. The highest BCUT2D eigenvalue weighted by Crippen LogP contribution is 2.29. The number of hydrogen-bond acceptors (Lipinski definition) is 5. The SMILES string of the molecule is O=C(CNC(=O)c1ccc(-c2noc(C(F)(F)F)n2)cc1)NC1CC1. The summed E-state index contributed by atoms with van der Waals surface area (Å²) in [5, 5.41) is 8.46. The second-order valence-electron chi connectivity index (χ2n) is 5.52. The Hall–Kier alpha value is -2.91. The Kier molecular flexibility index (Phi) is 4.43. The van der Waals surface area contributed by atoms with E-state index in [2.05, 4.69) is 25.3 Å². The summed E-state index contributed by atoms with van der Waals surface area (Å²) in [4.78, 5) is 26.7. The van der Waals surface area contributed by atoms with Crippen molar-refractivity contribution < 1.29 is 27.3 Å². The largest absolute Gasteiger partial charge is 0.471 e. The standard InChI is InChI=1S/C15H13F3N4O3/c16-15(17,18)14-21-12(22-25-14)8-1-3-9(4-2-8)13(24)19-7-11(23)20-10-5-6-10/h1-4,10H,5-7H2,(H,19,24)(H,20,23). The van der Waals surface area contributed by atoms with Crippen molar-refractivity contribution in [1.82, 2.24) is 20.8 Å². The quantitative estimate of drug-likeness (QED) is 0.853. The van der Waals surface area contributed by atoms with Gasteiger partial charge in [0.2, 0.25) is 11.7 Å². The van der Waals surface area contributed by atoms with Crippen LogP contribution in [0.2, 0.25) is 0 Å². The summed E-state index contributed by atoms with van der Waals surface area (Å²) in [7, 11) is 0. The van der Waals surface area contributed by atoms with Crippen LogP contribution in [0.3, 0.4) is 0 Å². The predicted octanol–water partition coefficient (Wildman–Crippen LogP) is 1.76. The number of hydrogen-bond donors (Lipinski definition) is 2. The van der Waals surface area contributed by atoms with Crippen LogP contribution in [0.15, 0.2) is 28.8 Å². The molecule has 0 aliphatic heterocycles. The summed E-state index contributed by atoms with van der Waals surface area (Å²) in [5.41, 5.74) is 0.518. The van der Waals surface area contributed by atoms with Gasteiger partial charge in [-0.3, -0.25) is 9.59 Å². The van der Waals surface area contributed by atoms with Crippen LogP contribution in [0.4, 0.5) is 13.2 Å². The number of alkyl halides is 3.